The van der Waals surface area contributed by atoms with Crippen LogP contribution in [0.1, 0.15) is 0 Å². The van der Waals surface area contributed by atoms with Crippen LogP contribution in [0.25, 0.3) is 231 Å². The molecular formula is C112H70N6. The van der Waals surface area contributed by atoms with Crippen molar-refractivity contribution in [1.29, 1.82) is 0 Å². The topological polar surface area (TPSA) is 61.4 Å². The van der Waals surface area contributed by atoms with E-state index in [1.165, 1.54) is 97.7 Å². The molecule has 24 rings (SSSR count). The van der Waals surface area contributed by atoms with Gasteiger partial charge in [0.25, 0.3) is 0 Å². The van der Waals surface area contributed by atoms with Crippen molar-refractivity contribution < 1.29 is 0 Å². The highest BCUT2D eigenvalue weighted by Crippen LogP contribution is 2.47. The Kier molecular flexibility index (Phi) is 16.2. The summed E-state index contributed by atoms with van der Waals surface area (Å²) >= 11 is 0. The monoisotopic (exact) mass is 1500 g/mol. The van der Waals surface area contributed by atoms with Crippen LogP contribution in [0.3, 0.4) is 0 Å². The van der Waals surface area contributed by atoms with Crippen molar-refractivity contribution in [2.24, 2.45) is 0 Å². The molecule has 0 N–H and O–H groups in total. The third-order valence-corrected chi connectivity index (χ3v) is 23.9. The molecule has 118 heavy (non-hydrogen) atoms. The highest BCUT2D eigenvalue weighted by atomic mass is 15.1. The summed E-state index contributed by atoms with van der Waals surface area (Å²) in [6.45, 7) is 0. The molecule has 0 aliphatic carbocycles. The van der Waals surface area contributed by atoms with E-state index in [0.717, 1.165) is 134 Å². The van der Waals surface area contributed by atoms with Crippen molar-refractivity contribution in [3.05, 3.63) is 425 Å². The molecule has 0 saturated carbocycles. The Morgan fingerprint density at radius 2 is 0.475 bits per heavy atom. The molecule has 0 radical (unpaired) electrons. The molecule has 0 fully saturated rings. The highest BCUT2D eigenvalue weighted by Gasteiger charge is 2.24. The molecule has 0 unspecified atom stereocenters. The van der Waals surface area contributed by atoms with Crippen LogP contribution in [-0.2, 0) is 0 Å². The summed E-state index contributed by atoms with van der Waals surface area (Å²) in [6, 6.07) is 153. The van der Waals surface area contributed by atoms with Crippen LogP contribution >= 0.6 is 0 Å². The van der Waals surface area contributed by atoms with Crippen LogP contribution in [0.15, 0.2) is 425 Å². The van der Waals surface area contributed by atoms with E-state index in [1.807, 2.05) is 6.07 Å². The molecule has 0 atom stereocenters. The van der Waals surface area contributed by atoms with Gasteiger partial charge >= 0.3 is 0 Å². The summed E-state index contributed by atoms with van der Waals surface area (Å²) in [4.78, 5) is 21.5. The minimum absolute atomic E-state index is 0.913. The molecule has 0 aliphatic rings. The normalized spacial score (nSPS) is 11.7. The summed E-state index contributed by atoms with van der Waals surface area (Å²) in [5, 5.41) is 21.5. The third kappa shape index (κ3) is 11.6. The number of hydrogen-bond acceptors (Lipinski definition) is 4. The maximum absolute atomic E-state index is 5.63. The second-order valence-corrected chi connectivity index (χ2v) is 30.7. The number of rotatable bonds is 10. The first-order valence-electron chi connectivity index (χ1n) is 40.3. The predicted octanol–water partition coefficient (Wildman–Crippen LogP) is 29.7. The van der Waals surface area contributed by atoms with Gasteiger partial charge in [0.2, 0.25) is 0 Å². The van der Waals surface area contributed by atoms with Crippen molar-refractivity contribution in [3.8, 4) is 101 Å². The third-order valence-electron chi connectivity index (χ3n) is 23.9. The average molecular weight is 1500 g/mol. The number of fused-ring (bicyclic) bond motifs is 16. The van der Waals surface area contributed by atoms with Gasteiger partial charge in [-0.15, -0.1) is 0 Å². The fourth-order valence-corrected chi connectivity index (χ4v) is 18.3. The van der Waals surface area contributed by atoms with Crippen LogP contribution in [0.5, 0.6) is 0 Å². The van der Waals surface area contributed by atoms with E-state index in [0.29, 0.717) is 0 Å². The van der Waals surface area contributed by atoms with E-state index in [1.54, 1.807) is 0 Å². The number of benzene rings is 20. The van der Waals surface area contributed by atoms with Crippen molar-refractivity contribution in [2.75, 3.05) is 0 Å². The summed E-state index contributed by atoms with van der Waals surface area (Å²) in [6.07, 6.45) is 0. The van der Waals surface area contributed by atoms with Gasteiger partial charge in [0, 0.05) is 55.2 Å². The van der Waals surface area contributed by atoms with E-state index in [4.69, 9.17) is 19.9 Å². The Hall–Kier alpha value is -15.8. The molecule has 24 aromatic rings. The number of aromatic nitrogens is 6. The molecule has 0 saturated heterocycles. The van der Waals surface area contributed by atoms with Gasteiger partial charge in [-0.25, -0.2) is 19.9 Å². The standard InChI is InChI=1S/2C56H35N3/c1-2-17-42(18-3-1)59-54-25-13-12-24-52(54)58-56(59)38-29-27-37(28-30-38)49-35-53(50-33-40-16-6-7-19-43(40)44-20-8-9-21-45(44)50)57-55-47-23-11-10-22-46(47)48(34-51(49)55)41-31-26-36-14-4-5-15-39(36)32-41;1-2-15-38(16-3-1)56-58-52-24-12-13-25-54(52)59(56)42-30-28-37(29-31-42)49-35-53(50-33-40-18-6-7-19-43(40)44-20-8-9-21-45(44)50)57-55-47-23-11-10-22-46(47)48(34-51(49)55)41-27-26-36-14-4-5-17-39(36)32-41/h2*1-35H. The lowest BCUT2D eigenvalue weighted by Gasteiger charge is -2.18. The van der Waals surface area contributed by atoms with Gasteiger partial charge in [-0.3, -0.25) is 9.13 Å². The summed E-state index contributed by atoms with van der Waals surface area (Å²) in [5.74, 6) is 1.84. The Balaban J connectivity index is 0.000000138. The van der Waals surface area contributed by atoms with E-state index >= 15 is 0 Å². The fraction of sp³-hybridized carbons (Fsp3) is 0. The van der Waals surface area contributed by atoms with Crippen molar-refractivity contribution >= 4 is 130 Å². The summed E-state index contributed by atoms with van der Waals surface area (Å²) < 4.78 is 4.54. The second-order valence-electron chi connectivity index (χ2n) is 30.7. The molecule has 0 spiro atoms. The first-order valence-corrected chi connectivity index (χ1v) is 40.3. The van der Waals surface area contributed by atoms with Gasteiger partial charge in [-0.05, 0) is 217 Å². The Morgan fingerprint density at radius 3 is 0.932 bits per heavy atom. The lowest BCUT2D eigenvalue weighted by molar-refractivity contribution is 1.10. The van der Waals surface area contributed by atoms with Crippen molar-refractivity contribution in [1.82, 2.24) is 29.1 Å². The summed E-state index contributed by atoms with van der Waals surface area (Å²) in [7, 11) is 0. The second kappa shape index (κ2) is 28.1. The minimum Gasteiger partial charge on any atom is -0.292 e. The minimum atomic E-state index is 0.913. The van der Waals surface area contributed by atoms with E-state index in [9.17, 15) is 0 Å². The highest BCUT2D eigenvalue weighted by molar-refractivity contribution is 6.21. The van der Waals surface area contributed by atoms with Crippen molar-refractivity contribution in [2.45, 2.75) is 0 Å². The summed E-state index contributed by atoms with van der Waals surface area (Å²) in [5.41, 5.74) is 23.8. The van der Waals surface area contributed by atoms with Crippen molar-refractivity contribution in [3.63, 3.8) is 0 Å². The number of hydrogen-bond donors (Lipinski definition) is 0. The number of nitrogens with zero attached hydrogens (tertiary/aromatic N) is 6. The van der Waals surface area contributed by atoms with Crippen LogP contribution in [0.4, 0.5) is 0 Å². The molecule has 0 aliphatic heterocycles. The van der Waals surface area contributed by atoms with Gasteiger partial charge in [0.1, 0.15) is 11.6 Å². The van der Waals surface area contributed by atoms with Gasteiger partial charge < -0.3 is 0 Å². The van der Waals surface area contributed by atoms with Crippen LogP contribution in [0, 0.1) is 0 Å². The van der Waals surface area contributed by atoms with Crippen LogP contribution < -0.4 is 0 Å². The Bertz CT molecular complexity index is 8160. The maximum atomic E-state index is 5.63. The Morgan fingerprint density at radius 1 is 0.161 bits per heavy atom. The van der Waals surface area contributed by atoms with Gasteiger partial charge in [-0.2, -0.15) is 0 Å². The molecule has 0 amide bonds. The van der Waals surface area contributed by atoms with E-state index in [2.05, 4.69) is 428 Å². The molecule has 20 aromatic carbocycles. The first-order chi connectivity index (χ1) is 58.5. The number of pyridine rings is 2. The smallest absolute Gasteiger partial charge is 0.145 e. The zero-order chi connectivity index (χ0) is 77.7. The quantitative estimate of drug-likeness (QED) is 0.128. The Labute approximate surface area is 680 Å². The molecule has 4 aromatic heterocycles. The molecule has 4 heterocycles. The molecule has 6 nitrogen and oxygen atoms in total. The fourth-order valence-electron chi connectivity index (χ4n) is 18.3. The zero-order valence-corrected chi connectivity index (χ0v) is 64.1. The van der Waals surface area contributed by atoms with Crippen LogP contribution in [-0.4, -0.2) is 29.1 Å². The molecule has 6 heteroatoms. The SMILES string of the molecule is c1ccc(-c2nc3ccccc3n2-c2ccc(-c3cc(-c4cc5ccccc5c5ccccc45)nc4c3cc(-c3ccc5ccccc5c3)c3ccccc34)cc2)cc1.c1ccc(-n2c(-c3ccc(-c4cc(-c5cc6ccccc6c6ccccc56)nc5c4cc(-c4ccc6ccccc6c4)c4ccccc45)cc3)nc3ccccc32)cc1. The predicted molar refractivity (Wildman–Crippen MR) is 496 cm³/mol. The number of para-hydroxylation sites is 5. The van der Waals surface area contributed by atoms with E-state index in [-0.39, 0.29) is 0 Å². The average Bonchev–Trinajstić information content (AvgIpc) is 1.07. The van der Waals surface area contributed by atoms with Gasteiger partial charge in [0.05, 0.1) is 44.5 Å². The first kappa shape index (κ1) is 67.9. The zero-order valence-electron chi connectivity index (χ0n) is 64.1. The maximum Gasteiger partial charge on any atom is 0.145 e. The van der Waals surface area contributed by atoms with E-state index < -0.39 is 0 Å². The molecule has 0 bridgehead atoms. The molecular weight excluding hydrogens is 1430 g/mol. The largest absolute Gasteiger partial charge is 0.292 e. The lowest BCUT2D eigenvalue weighted by atomic mass is 9.89. The number of imidazole rings is 2. The lowest BCUT2D eigenvalue weighted by Crippen LogP contribution is -1.98. The molecule has 548 valence electrons. The van der Waals surface area contributed by atoms with Gasteiger partial charge in [-0.1, -0.05) is 328 Å². The van der Waals surface area contributed by atoms with Gasteiger partial charge in [0.15, 0.2) is 0 Å². The van der Waals surface area contributed by atoms with Crippen LogP contribution in [0.2, 0.25) is 0 Å².